The van der Waals surface area contributed by atoms with E-state index in [9.17, 15) is 14.7 Å². The van der Waals surface area contributed by atoms with Crippen molar-refractivity contribution in [1.29, 1.82) is 0 Å². The summed E-state index contributed by atoms with van der Waals surface area (Å²) in [6, 6.07) is 7.46. The molecule has 0 saturated carbocycles. The fourth-order valence-electron chi connectivity index (χ4n) is 2.00. The van der Waals surface area contributed by atoms with Crippen LogP contribution in [0.5, 0.6) is 5.75 Å². The van der Waals surface area contributed by atoms with Crippen molar-refractivity contribution in [1.82, 2.24) is 5.32 Å². The van der Waals surface area contributed by atoms with Gasteiger partial charge in [-0.1, -0.05) is 24.0 Å². The molecule has 1 amide bonds. The number of furan rings is 1. The second-order valence-corrected chi connectivity index (χ2v) is 6.31. The minimum atomic E-state index is -1.23. The monoisotopic (exact) mass is 347 g/mol. The smallest absolute Gasteiger partial charge is 0.339 e. The van der Waals surface area contributed by atoms with E-state index in [0.29, 0.717) is 26.3 Å². The van der Waals surface area contributed by atoms with Gasteiger partial charge >= 0.3 is 5.97 Å². The highest BCUT2D eigenvalue weighted by Gasteiger charge is 2.22. The van der Waals surface area contributed by atoms with Crippen LogP contribution in [0.4, 0.5) is 0 Å². The number of carboxylic acids is 1. The molecule has 116 valence electrons. The van der Waals surface area contributed by atoms with E-state index in [0.717, 1.165) is 11.8 Å². The molecule has 23 heavy (non-hydrogen) atoms. The van der Waals surface area contributed by atoms with Gasteiger partial charge in [0.25, 0.3) is 5.91 Å². The number of nitrogens with one attached hydrogen (secondary N) is 1. The molecule has 0 unspecified atom stereocenters. The molecule has 0 bridgehead atoms. The fourth-order valence-corrected chi connectivity index (χ4v) is 3.02. The Labute approximate surface area is 139 Å². The van der Waals surface area contributed by atoms with E-state index in [1.807, 2.05) is 0 Å². The van der Waals surface area contributed by atoms with E-state index < -0.39 is 5.97 Å². The van der Waals surface area contributed by atoms with Crippen molar-refractivity contribution in [3.05, 3.63) is 46.6 Å². The predicted molar refractivity (Wildman–Crippen MR) is 89.1 cm³/mol. The number of aromatic hydroxyl groups is 1. The van der Waals surface area contributed by atoms with Crippen LogP contribution in [0.3, 0.4) is 0 Å². The number of hydrogen-bond donors (Lipinski definition) is 3. The first-order valence-electron chi connectivity index (χ1n) is 6.35. The van der Waals surface area contributed by atoms with Gasteiger partial charge in [-0.25, -0.2) is 4.79 Å². The summed E-state index contributed by atoms with van der Waals surface area (Å²) in [5, 5.41) is 21.1. The summed E-state index contributed by atoms with van der Waals surface area (Å²) in [4.78, 5) is 23.1. The van der Waals surface area contributed by atoms with Crippen LogP contribution >= 0.6 is 24.0 Å². The third kappa shape index (κ3) is 3.13. The zero-order valence-corrected chi connectivity index (χ0v) is 13.0. The molecule has 2 heterocycles. The van der Waals surface area contributed by atoms with Gasteiger partial charge < -0.3 is 19.9 Å². The van der Waals surface area contributed by atoms with Crippen molar-refractivity contribution in [2.75, 3.05) is 0 Å². The number of hydrogen-bond acceptors (Lipinski definition) is 6. The molecule has 3 N–H and O–H groups in total. The third-order valence-corrected chi connectivity index (χ3v) is 4.22. The Kier molecular flexibility index (Phi) is 3.93. The first-order chi connectivity index (χ1) is 10.9. The maximum Gasteiger partial charge on any atom is 0.339 e. The summed E-state index contributed by atoms with van der Waals surface area (Å²) < 4.78 is 5.99. The Morgan fingerprint density at radius 3 is 2.74 bits per heavy atom. The van der Waals surface area contributed by atoms with Crippen LogP contribution in [-0.2, 0) is 4.79 Å². The Morgan fingerprint density at radius 2 is 2.09 bits per heavy atom. The number of amides is 1. The summed E-state index contributed by atoms with van der Waals surface area (Å²) in [5.41, 5.74) is 0.291. The first-order valence-corrected chi connectivity index (χ1v) is 7.58. The number of thioether (sulfide) groups is 1. The molecule has 0 aliphatic carbocycles. The molecule has 3 rings (SSSR count). The fraction of sp³-hybridized carbons (Fsp3) is 0. The molecule has 1 aliphatic rings. The quantitative estimate of drug-likeness (QED) is 0.580. The molecule has 6 nitrogen and oxygen atoms in total. The van der Waals surface area contributed by atoms with Gasteiger partial charge in [-0.05, 0) is 30.3 Å². The molecular weight excluding hydrogens is 338 g/mol. The lowest BCUT2D eigenvalue weighted by Gasteiger charge is -2.02. The highest BCUT2D eigenvalue weighted by atomic mass is 32.2. The number of aromatic carboxylic acids is 1. The molecule has 0 spiro atoms. The van der Waals surface area contributed by atoms with Crippen LogP contribution in [0, 0.1) is 0 Å². The van der Waals surface area contributed by atoms with Crippen LogP contribution in [-0.4, -0.2) is 26.4 Å². The SMILES string of the molecule is O=C1NC(=S)S/C1=C/c1ccc(-c2ccc(O)c(C(=O)O)c2)o1. The largest absolute Gasteiger partial charge is 0.507 e. The average Bonchev–Trinajstić information content (AvgIpc) is 3.06. The van der Waals surface area contributed by atoms with E-state index in [1.54, 1.807) is 24.3 Å². The van der Waals surface area contributed by atoms with E-state index >= 15 is 0 Å². The second kappa shape index (κ2) is 5.90. The van der Waals surface area contributed by atoms with E-state index in [1.165, 1.54) is 12.1 Å². The molecule has 8 heteroatoms. The lowest BCUT2D eigenvalue weighted by atomic mass is 10.1. The Bertz CT molecular complexity index is 869. The summed E-state index contributed by atoms with van der Waals surface area (Å²) in [7, 11) is 0. The maximum atomic E-state index is 11.6. The number of carbonyl (C=O) groups is 2. The van der Waals surface area contributed by atoms with Gasteiger partial charge in [0.05, 0.1) is 4.91 Å². The Morgan fingerprint density at radius 1 is 1.30 bits per heavy atom. The number of rotatable bonds is 3. The summed E-state index contributed by atoms with van der Waals surface area (Å²) in [5.74, 6) is -0.971. The molecule has 1 aromatic heterocycles. The Hall–Kier alpha value is -2.58. The molecule has 1 aromatic carbocycles. The molecular formula is C15H9NO5S2. The number of phenols is 1. The van der Waals surface area contributed by atoms with Crippen LogP contribution in [0.15, 0.2) is 39.7 Å². The predicted octanol–water partition coefficient (Wildman–Crippen LogP) is 2.84. The topological polar surface area (TPSA) is 99.8 Å². The standard InChI is InChI=1S/C15H9NO5S2/c17-10-3-1-7(5-9(10)14(19)20)11-4-2-8(21-11)6-12-13(18)16-15(22)23-12/h1-6,17H,(H,19,20)(H,16,18,22)/b12-6+. The van der Waals surface area contributed by atoms with Crippen molar-refractivity contribution in [2.24, 2.45) is 0 Å². The van der Waals surface area contributed by atoms with Crippen molar-refractivity contribution >= 4 is 46.3 Å². The molecule has 1 saturated heterocycles. The zero-order chi connectivity index (χ0) is 16.6. The summed E-state index contributed by atoms with van der Waals surface area (Å²) >= 11 is 6.05. The van der Waals surface area contributed by atoms with E-state index in [4.69, 9.17) is 21.7 Å². The first kappa shape index (κ1) is 15.3. The van der Waals surface area contributed by atoms with Crippen molar-refractivity contribution in [2.45, 2.75) is 0 Å². The van der Waals surface area contributed by atoms with Gasteiger partial charge in [0.1, 0.15) is 27.2 Å². The van der Waals surface area contributed by atoms with Gasteiger partial charge in [0.15, 0.2) is 0 Å². The van der Waals surface area contributed by atoms with Crippen molar-refractivity contribution in [3.63, 3.8) is 0 Å². The molecule has 0 radical (unpaired) electrons. The molecule has 2 aromatic rings. The van der Waals surface area contributed by atoms with Crippen LogP contribution < -0.4 is 5.32 Å². The highest BCUT2D eigenvalue weighted by Crippen LogP contribution is 2.30. The van der Waals surface area contributed by atoms with Gasteiger partial charge in [0.2, 0.25) is 0 Å². The van der Waals surface area contributed by atoms with Crippen LogP contribution in [0.1, 0.15) is 16.1 Å². The third-order valence-electron chi connectivity index (χ3n) is 3.05. The van der Waals surface area contributed by atoms with Crippen LogP contribution in [0.2, 0.25) is 0 Å². The number of carboxylic acid groups (broad SMARTS) is 1. The normalized spacial score (nSPS) is 15.9. The lowest BCUT2D eigenvalue weighted by molar-refractivity contribution is -0.115. The minimum absolute atomic E-state index is 0.213. The number of thiocarbonyl (C=S) groups is 1. The second-order valence-electron chi connectivity index (χ2n) is 4.59. The van der Waals surface area contributed by atoms with Gasteiger partial charge in [-0.15, -0.1) is 0 Å². The van der Waals surface area contributed by atoms with Gasteiger partial charge in [0, 0.05) is 11.6 Å². The van der Waals surface area contributed by atoms with Crippen molar-refractivity contribution < 1.29 is 24.2 Å². The summed E-state index contributed by atoms with van der Waals surface area (Å²) in [6.45, 7) is 0. The molecule has 1 aliphatic heterocycles. The van der Waals surface area contributed by atoms with Gasteiger partial charge in [-0.3, -0.25) is 4.79 Å². The highest BCUT2D eigenvalue weighted by molar-refractivity contribution is 8.26. The van der Waals surface area contributed by atoms with E-state index in [2.05, 4.69) is 5.32 Å². The molecule has 0 atom stereocenters. The lowest BCUT2D eigenvalue weighted by Crippen LogP contribution is -2.17. The number of benzene rings is 1. The summed E-state index contributed by atoms with van der Waals surface area (Å²) in [6.07, 6.45) is 1.56. The zero-order valence-electron chi connectivity index (χ0n) is 11.4. The van der Waals surface area contributed by atoms with Crippen molar-refractivity contribution in [3.8, 4) is 17.1 Å². The Balaban J connectivity index is 1.92. The molecule has 1 fully saturated rings. The minimum Gasteiger partial charge on any atom is -0.507 e. The van der Waals surface area contributed by atoms with Gasteiger partial charge in [-0.2, -0.15) is 0 Å². The average molecular weight is 347 g/mol. The maximum absolute atomic E-state index is 11.6. The van der Waals surface area contributed by atoms with E-state index in [-0.39, 0.29) is 17.2 Å². The number of carbonyl (C=O) groups excluding carboxylic acids is 1. The van der Waals surface area contributed by atoms with Crippen LogP contribution in [0.25, 0.3) is 17.4 Å².